The quantitative estimate of drug-likeness (QED) is 0.185. The fraction of sp³-hybridized carbons (Fsp3) is 0. The van der Waals surface area contributed by atoms with E-state index in [0.717, 1.165) is 61.4 Å². The molecule has 0 bridgehead atoms. The number of para-hydroxylation sites is 1. The van der Waals surface area contributed by atoms with Gasteiger partial charge in [-0.25, -0.2) is 9.97 Å². The third-order valence-electron chi connectivity index (χ3n) is 8.24. The second-order valence-electron chi connectivity index (χ2n) is 11.1. The maximum absolute atomic E-state index is 5.36. The number of fused-ring (bicyclic) bond motifs is 3. The van der Waals surface area contributed by atoms with Crippen LogP contribution in [0.15, 0.2) is 176 Å². The summed E-state index contributed by atoms with van der Waals surface area (Å²) in [6, 6.07) is 61.3. The van der Waals surface area contributed by atoms with Gasteiger partial charge >= 0.3 is 0 Å². The van der Waals surface area contributed by atoms with Crippen LogP contribution in [0.1, 0.15) is 0 Å². The standard InChI is InChI=1S/C42H29N3/c1-5-13-30(14-6-1)31-21-25-36(26-22-31)45(35-19-11-4-12-20-35)37-27-23-32-24-28-39-42(38(32)29-37)44-41(34-17-9-3-10-18-34)40(43-39)33-15-7-2-8-16-33/h1-29H. The fourth-order valence-electron chi connectivity index (χ4n) is 6.02. The van der Waals surface area contributed by atoms with Crippen LogP contribution < -0.4 is 4.90 Å². The largest absolute Gasteiger partial charge is 0.310 e. The van der Waals surface area contributed by atoms with Gasteiger partial charge in [0, 0.05) is 33.6 Å². The fourth-order valence-corrected chi connectivity index (χ4v) is 6.02. The van der Waals surface area contributed by atoms with Gasteiger partial charge in [-0.15, -0.1) is 0 Å². The molecular formula is C42H29N3. The van der Waals surface area contributed by atoms with Crippen molar-refractivity contribution < 1.29 is 0 Å². The normalized spacial score (nSPS) is 11.1. The number of rotatable bonds is 6. The average molecular weight is 576 g/mol. The molecule has 0 atom stereocenters. The highest BCUT2D eigenvalue weighted by atomic mass is 15.1. The van der Waals surface area contributed by atoms with Crippen LogP contribution in [-0.4, -0.2) is 9.97 Å². The molecular weight excluding hydrogens is 546 g/mol. The first-order chi connectivity index (χ1) is 22.3. The summed E-state index contributed by atoms with van der Waals surface area (Å²) < 4.78 is 0. The van der Waals surface area contributed by atoms with Gasteiger partial charge in [-0.3, -0.25) is 0 Å². The highest BCUT2D eigenvalue weighted by Gasteiger charge is 2.17. The maximum Gasteiger partial charge on any atom is 0.0973 e. The number of hydrogen-bond donors (Lipinski definition) is 0. The number of anilines is 3. The molecule has 0 saturated carbocycles. The second kappa shape index (κ2) is 11.6. The van der Waals surface area contributed by atoms with E-state index in [9.17, 15) is 0 Å². The van der Waals surface area contributed by atoms with E-state index in [-0.39, 0.29) is 0 Å². The van der Waals surface area contributed by atoms with Crippen LogP contribution in [0.2, 0.25) is 0 Å². The van der Waals surface area contributed by atoms with Crippen molar-refractivity contribution in [3.63, 3.8) is 0 Å². The van der Waals surface area contributed by atoms with E-state index in [1.165, 1.54) is 11.1 Å². The number of hydrogen-bond acceptors (Lipinski definition) is 3. The van der Waals surface area contributed by atoms with Crippen molar-refractivity contribution >= 4 is 38.9 Å². The van der Waals surface area contributed by atoms with E-state index in [4.69, 9.17) is 9.97 Å². The topological polar surface area (TPSA) is 29.0 Å². The minimum absolute atomic E-state index is 0.872. The van der Waals surface area contributed by atoms with Crippen molar-refractivity contribution in [1.82, 2.24) is 9.97 Å². The molecule has 0 aliphatic heterocycles. The molecule has 8 rings (SSSR count). The van der Waals surface area contributed by atoms with Crippen molar-refractivity contribution in [2.45, 2.75) is 0 Å². The molecule has 0 spiro atoms. The third kappa shape index (κ3) is 5.11. The summed E-state index contributed by atoms with van der Waals surface area (Å²) in [7, 11) is 0. The molecule has 0 fully saturated rings. The Morgan fingerprint density at radius 3 is 1.44 bits per heavy atom. The van der Waals surface area contributed by atoms with Gasteiger partial charge in [0.05, 0.1) is 22.4 Å². The Bertz CT molecular complexity index is 2230. The summed E-state index contributed by atoms with van der Waals surface area (Å²) in [5.41, 5.74) is 11.2. The summed E-state index contributed by atoms with van der Waals surface area (Å²) in [4.78, 5) is 12.9. The number of aromatic nitrogens is 2. The predicted molar refractivity (Wildman–Crippen MR) is 188 cm³/mol. The second-order valence-corrected chi connectivity index (χ2v) is 11.1. The highest BCUT2D eigenvalue weighted by molar-refractivity contribution is 6.07. The average Bonchev–Trinajstić information content (AvgIpc) is 3.13. The van der Waals surface area contributed by atoms with Crippen LogP contribution in [0, 0.1) is 0 Å². The SMILES string of the molecule is c1ccc(-c2ccc(N(c3ccccc3)c3ccc4ccc5nc(-c6ccccc6)c(-c6ccccc6)nc5c4c3)cc2)cc1. The Labute approximate surface area is 262 Å². The molecule has 0 unspecified atom stereocenters. The van der Waals surface area contributed by atoms with Crippen LogP contribution in [0.3, 0.4) is 0 Å². The molecule has 45 heavy (non-hydrogen) atoms. The Morgan fingerprint density at radius 1 is 0.356 bits per heavy atom. The van der Waals surface area contributed by atoms with E-state index in [0.29, 0.717) is 0 Å². The molecule has 1 heterocycles. The smallest absolute Gasteiger partial charge is 0.0973 e. The van der Waals surface area contributed by atoms with Gasteiger partial charge in [-0.2, -0.15) is 0 Å². The molecule has 0 aliphatic carbocycles. The zero-order valence-electron chi connectivity index (χ0n) is 24.6. The Balaban J connectivity index is 1.32. The van der Waals surface area contributed by atoms with Gasteiger partial charge in [0.25, 0.3) is 0 Å². The van der Waals surface area contributed by atoms with Gasteiger partial charge in [-0.05, 0) is 59.0 Å². The Morgan fingerprint density at radius 2 is 0.822 bits per heavy atom. The first kappa shape index (κ1) is 26.6. The molecule has 1 aromatic heterocycles. The molecule has 3 nitrogen and oxygen atoms in total. The Hall–Kier alpha value is -6.06. The van der Waals surface area contributed by atoms with Gasteiger partial charge < -0.3 is 4.90 Å². The summed E-state index contributed by atoms with van der Waals surface area (Å²) in [6.07, 6.45) is 0. The van der Waals surface area contributed by atoms with Crippen molar-refractivity contribution in [3.8, 4) is 33.6 Å². The van der Waals surface area contributed by atoms with Crippen molar-refractivity contribution in [3.05, 3.63) is 176 Å². The molecule has 0 N–H and O–H groups in total. The van der Waals surface area contributed by atoms with Gasteiger partial charge in [-0.1, -0.05) is 133 Å². The van der Waals surface area contributed by atoms with E-state index >= 15 is 0 Å². The molecule has 7 aromatic carbocycles. The van der Waals surface area contributed by atoms with Crippen LogP contribution in [0.4, 0.5) is 17.1 Å². The van der Waals surface area contributed by atoms with E-state index in [2.05, 4.69) is 150 Å². The van der Waals surface area contributed by atoms with Gasteiger partial charge in [0.2, 0.25) is 0 Å². The van der Waals surface area contributed by atoms with Crippen LogP contribution in [-0.2, 0) is 0 Å². The lowest BCUT2D eigenvalue weighted by atomic mass is 10.0. The van der Waals surface area contributed by atoms with Gasteiger partial charge in [0.1, 0.15) is 0 Å². The van der Waals surface area contributed by atoms with E-state index in [1.807, 2.05) is 30.3 Å². The summed E-state index contributed by atoms with van der Waals surface area (Å²) in [5, 5.41) is 2.19. The molecule has 8 aromatic rings. The van der Waals surface area contributed by atoms with Crippen LogP contribution in [0.5, 0.6) is 0 Å². The molecule has 0 radical (unpaired) electrons. The van der Waals surface area contributed by atoms with E-state index < -0.39 is 0 Å². The monoisotopic (exact) mass is 575 g/mol. The molecule has 3 heteroatoms. The number of benzene rings is 7. The van der Waals surface area contributed by atoms with Crippen LogP contribution >= 0.6 is 0 Å². The minimum Gasteiger partial charge on any atom is -0.310 e. The van der Waals surface area contributed by atoms with Gasteiger partial charge in [0.15, 0.2) is 0 Å². The van der Waals surface area contributed by atoms with Crippen LogP contribution in [0.25, 0.3) is 55.4 Å². The molecule has 0 saturated heterocycles. The minimum atomic E-state index is 0.872. The lowest BCUT2D eigenvalue weighted by Crippen LogP contribution is -2.09. The molecule has 0 aliphatic rings. The number of nitrogens with zero attached hydrogens (tertiary/aromatic N) is 3. The third-order valence-corrected chi connectivity index (χ3v) is 8.24. The first-order valence-corrected chi connectivity index (χ1v) is 15.2. The zero-order chi connectivity index (χ0) is 30.0. The molecule has 0 amide bonds. The maximum atomic E-state index is 5.36. The highest BCUT2D eigenvalue weighted by Crippen LogP contribution is 2.39. The Kier molecular flexibility index (Phi) is 6.82. The lowest BCUT2D eigenvalue weighted by Gasteiger charge is -2.26. The molecule has 212 valence electrons. The summed E-state index contributed by atoms with van der Waals surface area (Å²) in [5.74, 6) is 0. The lowest BCUT2D eigenvalue weighted by molar-refractivity contribution is 1.28. The van der Waals surface area contributed by atoms with Crippen molar-refractivity contribution in [2.75, 3.05) is 4.90 Å². The zero-order valence-corrected chi connectivity index (χ0v) is 24.6. The summed E-state index contributed by atoms with van der Waals surface area (Å²) in [6.45, 7) is 0. The summed E-state index contributed by atoms with van der Waals surface area (Å²) >= 11 is 0. The van der Waals surface area contributed by atoms with E-state index in [1.54, 1.807) is 0 Å². The first-order valence-electron chi connectivity index (χ1n) is 15.2. The predicted octanol–water partition coefficient (Wildman–Crippen LogP) is 11.3. The van der Waals surface area contributed by atoms with Crippen molar-refractivity contribution in [2.24, 2.45) is 0 Å². The van der Waals surface area contributed by atoms with Crippen molar-refractivity contribution in [1.29, 1.82) is 0 Å².